The number of amides is 2. The average molecular weight is 449 g/mol. The van der Waals surface area contributed by atoms with E-state index in [9.17, 15) is 9.59 Å². The van der Waals surface area contributed by atoms with Crippen LogP contribution >= 0.6 is 35.0 Å². The van der Waals surface area contributed by atoms with E-state index in [1.165, 1.54) is 11.8 Å². The van der Waals surface area contributed by atoms with Crippen molar-refractivity contribution < 1.29 is 9.59 Å². The molecule has 150 valence electrons. The van der Waals surface area contributed by atoms with Gasteiger partial charge in [0.15, 0.2) is 4.87 Å². The molecule has 0 aliphatic carbocycles. The second kappa shape index (κ2) is 7.07. The van der Waals surface area contributed by atoms with E-state index in [0.29, 0.717) is 54.9 Å². The summed E-state index contributed by atoms with van der Waals surface area (Å²) >= 11 is 13.7. The Labute approximate surface area is 182 Å². The van der Waals surface area contributed by atoms with Crippen LogP contribution < -0.4 is 9.80 Å². The highest BCUT2D eigenvalue weighted by Gasteiger charge is 2.58. The van der Waals surface area contributed by atoms with Gasteiger partial charge in [-0.15, -0.1) is 0 Å². The summed E-state index contributed by atoms with van der Waals surface area (Å²) < 4.78 is 0. The largest absolute Gasteiger partial charge is 0.352 e. The fraction of sp³-hybridized carbons (Fsp3) is 0.350. The van der Waals surface area contributed by atoms with Gasteiger partial charge in [-0.1, -0.05) is 47.1 Å². The summed E-state index contributed by atoms with van der Waals surface area (Å²) in [6, 6.07) is 9.43. The Morgan fingerprint density at radius 3 is 2.66 bits per heavy atom. The van der Waals surface area contributed by atoms with Crippen LogP contribution in [0, 0.1) is 0 Å². The highest BCUT2D eigenvalue weighted by Crippen LogP contribution is 2.56. The summed E-state index contributed by atoms with van der Waals surface area (Å²) in [5.74, 6) is 0.715. The number of anilines is 2. The number of thioether (sulfide) groups is 1. The van der Waals surface area contributed by atoms with Gasteiger partial charge in [-0.25, -0.2) is 4.98 Å². The first-order chi connectivity index (χ1) is 14.0. The van der Waals surface area contributed by atoms with Crippen molar-refractivity contribution in [2.24, 2.45) is 0 Å². The first kappa shape index (κ1) is 19.0. The second-order valence-electron chi connectivity index (χ2n) is 7.32. The summed E-state index contributed by atoms with van der Waals surface area (Å²) in [6.07, 6.45) is 2.51. The van der Waals surface area contributed by atoms with Crippen molar-refractivity contribution in [3.05, 3.63) is 46.6 Å². The van der Waals surface area contributed by atoms with E-state index in [4.69, 9.17) is 23.2 Å². The Hall–Kier alpha value is -1.96. The molecule has 6 nitrogen and oxygen atoms in total. The van der Waals surface area contributed by atoms with Crippen molar-refractivity contribution >= 4 is 58.3 Å². The summed E-state index contributed by atoms with van der Waals surface area (Å²) in [7, 11) is 0. The number of hydrogen-bond acceptors (Lipinski definition) is 5. The fourth-order valence-electron chi connectivity index (χ4n) is 4.29. The maximum absolute atomic E-state index is 13.6. The number of carbonyl (C=O) groups excluding carboxylic acids is 2. The van der Waals surface area contributed by atoms with Crippen molar-refractivity contribution in [3.63, 3.8) is 0 Å². The number of pyridine rings is 1. The molecule has 2 saturated heterocycles. The lowest BCUT2D eigenvalue weighted by Gasteiger charge is -2.40. The Balaban J connectivity index is 1.35. The predicted octanol–water partition coefficient (Wildman–Crippen LogP) is 3.67. The van der Waals surface area contributed by atoms with Crippen LogP contribution in [0.15, 0.2) is 41.4 Å². The first-order valence-electron chi connectivity index (χ1n) is 9.46. The lowest BCUT2D eigenvalue weighted by molar-refractivity contribution is -0.134. The molecule has 9 heteroatoms. The molecular weight excluding hydrogens is 431 g/mol. The smallest absolute Gasteiger partial charge is 0.259 e. The summed E-state index contributed by atoms with van der Waals surface area (Å²) in [5.41, 5.74) is 0.851. The van der Waals surface area contributed by atoms with E-state index in [1.807, 2.05) is 29.2 Å². The number of aromatic nitrogens is 1. The van der Waals surface area contributed by atoms with E-state index in [1.54, 1.807) is 17.2 Å². The van der Waals surface area contributed by atoms with Gasteiger partial charge in [0, 0.05) is 43.7 Å². The molecule has 1 unspecified atom stereocenters. The summed E-state index contributed by atoms with van der Waals surface area (Å²) in [6.45, 7) is 2.36. The van der Waals surface area contributed by atoms with Crippen LogP contribution in [0.3, 0.4) is 0 Å². The molecule has 0 bridgehead atoms. The number of halogens is 2. The highest BCUT2D eigenvalue weighted by atomic mass is 35.5. The maximum Gasteiger partial charge on any atom is 0.259 e. The van der Waals surface area contributed by atoms with E-state index < -0.39 is 4.87 Å². The van der Waals surface area contributed by atoms with Gasteiger partial charge < -0.3 is 9.80 Å². The summed E-state index contributed by atoms with van der Waals surface area (Å²) in [5, 5.41) is 1.00. The third kappa shape index (κ3) is 2.98. The van der Waals surface area contributed by atoms with Gasteiger partial charge in [-0.3, -0.25) is 14.5 Å². The van der Waals surface area contributed by atoms with Gasteiger partial charge in [0.25, 0.3) is 5.91 Å². The number of rotatable bonds is 2. The Morgan fingerprint density at radius 2 is 1.90 bits per heavy atom. The molecule has 5 rings (SSSR count). The van der Waals surface area contributed by atoms with Gasteiger partial charge in [0.05, 0.1) is 15.7 Å². The van der Waals surface area contributed by atoms with Crippen LogP contribution in [0.4, 0.5) is 11.5 Å². The van der Waals surface area contributed by atoms with Crippen LogP contribution in [0.25, 0.3) is 0 Å². The number of para-hydroxylation sites is 1. The molecule has 2 fully saturated rings. The minimum absolute atomic E-state index is 0.0133. The van der Waals surface area contributed by atoms with Crippen LogP contribution in [-0.2, 0) is 9.59 Å². The molecule has 0 spiro atoms. The molecule has 2 aromatic rings. The number of hydrogen-bond donors (Lipinski definition) is 0. The first-order valence-corrected chi connectivity index (χ1v) is 11.0. The van der Waals surface area contributed by atoms with Crippen molar-refractivity contribution in [2.75, 3.05) is 36.0 Å². The summed E-state index contributed by atoms with van der Waals surface area (Å²) in [4.78, 5) is 36.4. The molecule has 1 aromatic carbocycles. The zero-order chi connectivity index (χ0) is 20.2. The number of nitrogens with zero attached hydrogens (tertiary/aromatic N) is 4. The molecule has 4 heterocycles. The number of fused-ring (bicyclic) bond motifs is 3. The molecular formula is C20H18Cl2N4O2S. The number of piperazine rings is 1. The van der Waals surface area contributed by atoms with Crippen LogP contribution in [0.5, 0.6) is 0 Å². The van der Waals surface area contributed by atoms with Gasteiger partial charge >= 0.3 is 0 Å². The molecule has 3 aliphatic rings. The molecule has 0 radical (unpaired) electrons. The van der Waals surface area contributed by atoms with Crippen molar-refractivity contribution in [1.29, 1.82) is 0 Å². The van der Waals surface area contributed by atoms with E-state index in [2.05, 4.69) is 9.88 Å². The molecule has 2 amide bonds. The van der Waals surface area contributed by atoms with E-state index in [0.717, 1.165) is 10.6 Å². The molecule has 3 aliphatic heterocycles. The molecule has 0 N–H and O–H groups in total. The normalized spacial score (nSPS) is 23.4. The van der Waals surface area contributed by atoms with Crippen LogP contribution in [-0.4, -0.2) is 52.7 Å². The zero-order valence-electron chi connectivity index (χ0n) is 15.5. The highest BCUT2D eigenvalue weighted by molar-refractivity contribution is 8.02. The lowest BCUT2D eigenvalue weighted by atomic mass is 10.1. The van der Waals surface area contributed by atoms with Crippen molar-refractivity contribution in [3.8, 4) is 0 Å². The van der Waals surface area contributed by atoms with Gasteiger partial charge in [-0.05, 0) is 24.6 Å². The average Bonchev–Trinajstić information content (AvgIpc) is 3.23. The standard InChI is InChI=1S/C20H18Cl2N4O2S/c21-13-11-14(22)18(23-12-13)24-7-9-25(10-8-24)19(28)20-6-5-17(27)26(20)15-3-1-2-4-16(15)29-20/h1-4,11-12H,5-10H2. The zero-order valence-corrected chi connectivity index (χ0v) is 17.8. The molecule has 1 aromatic heterocycles. The van der Waals surface area contributed by atoms with Gasteiger partial charge in [-0.2, -0.15) is 0 Å². The minimum atomic E-state index is -0.848. The predicted molar refractivity (Wildman–Crippen MR) is 115 cm³/mol. The number of benzene rings is 1. The van der Waals surface area contributed by atoms with Gasteiger partial charge in [0.1, 0.15) is 5.82 Å². The van der Waals surface area contributed by atoms with Crippen LogP contribution in [0.1, 0.15) is 12.8 Å². The van der Waals surface area contributed by atoms with Crippen molar-refractivity contribution in [1.82, 2.24) is 9.88 Å². The molecule has 0 saturated carbocycles. The second-order valence-corrected chi connectivity index (χ2v) is 9.48. The maximum atomic E-state index is 13.6. The number of carbonyl (C=O) groups is 2. The van der Waals surface area contributed by atoms with E-state index in [-0.39, 0.29) is 11.8 Å². The quantitative estimate of drug-likeness (QED) is 0.701. The molecule has 29 heavy (non-hydrogen) atoms. The molecule has 1 atom stereocenters. The topological polar surface area (TPSA) is 56.8 Å². The van der Waals surface area contributed by atoms with E-state index >= 15 is 0 Å². The Kier molecular flexibility index (Phi) is 4.64. The third-order valence-electron chi connectivity index (χ3n) is 5.66. The Morgan fingerprint density at radius 1 is 1.14 bits per heavy atom. The fourth-order valence-corrected chi connectivity index (χ4v) is 6.28. The monoisotopic (exact) mass is 448 g/mol. The minimum Gasteiger partial charge on any atom is -0.352 e. The Bertz CT molecular complexity index is 1010. The van der Waals surface area contributed by atoms with Gasteiger partial charge in [0.2, 0.25) is 5.91 Å². The lowest BCUT2D eigenvalue weighted by Crippen LogP contribution is -2.58. The van der Waals surface area contributed by atoms with Crippen molar-refractivity contribution in [2.45, 2.75) is 22.6 Å². The van der Waals surface area contributed by atoms with Crippen LogP contribution in [0.2, 0.25) is 10.0 Å². The SMILES string of the molecule is O=C1CCC2(C(=O)N3CCN(c4ncc(Cl)cc4Cl)CC3)Sc3ccccc3N12. The third-order valence-corrected chi connectivity index (χ3v) is 7.61.